The van der Waals surface area contributed by atoms with E-state index in [1.54, 1.807) is 12.1 Å². The number of nitrogens with zero attached hydrogens (tertiary/aromatic N) is 2. The summed E-state index contributed by atoms with van der Waals surface area (Å²) in [5.74, 6) is -0.786. The van der Waals surface area contributed by atoms with Crippen LogP contribution >= 0.6 is 11.8 Å². The van der Waals surface area contributed by atoms with Gasteiger partial charge in [0.05, 0.1) is 17.0 Å². The minimum absolute atomic E-state index is 0.00190. The Hall–Kier alpha value is -3.58. The first kappa shape index (κ1) is 22.1. The van der Waals surface area contributed by atoms with Crippen LogP contribution in [0.1, 0.15) is 16.7 Å². The van der Waals surface area contributed by atoms with Crippen LogP contribution in [0.3, 0.4) is 0 Å². The molecular formula is C21H15F3N4O2S. The van der Waals surface area contributed by atoms with Crippen LogP contribution in [0, 0.1) is 18.3 Å². The van der Waals surface area contributed by atoms with Crippen molar-refractivity contribution in [1.82, 2.24) is 9.97 Å². The van der Waals surface area contributed by atoms with Gasteiger partial charge in [0.2, 0.25) is 5.91 Å². The summed E-state index contributed by atoms with van der Waals surface area (Å²) in [5.41, 5.74) is 0.0832. The lowest BCUT2D eigenvalue weighted by molar-refractivity contribution is -0.137. The molecule has 0 bridgehead atoms. The van der Waals surface area contributed by atoms with E-state index in [2.05, 4.69) is 15.3 Å². The Bertz CT molecular complexity index is 1220. The van der Waals surface area contributed by atoms with Gasteiger partial charge in [-0.1, -0.05) is 47.7 Å². The molecule has 1 amide bonds. The van der Waals surface area contributed by atoms with Gasteiger partial charge in [0.1, 0.15) is 11.6 Å². The predicted molar refractivity (Wildman–Crippen MR) is 111 cm³/mol. The summed E-state index contributed by atoms with van der Waals surface area (Å²) in [6.45, 7) is 1.89. The van der Waals surface area contributed by atoms with Crippen molar-refractivity contribution in [3.8, 4) is 17.3 Å². The molecule has 0 aliphatic heterocycles. The van der Waals surface area contributed by atoms with Gasteiger partial charge in [0, 0.05) is 11.3 Å². The fourth-order valence-corrected chi connectivity index (χ4v) is 3.31. The maximum Gasteiger partial charge on any atom is 0.416 e. The van der Waals surface area contributed by atoms with Crippen molar-refractivity contribution in [2.75, 3.05) is 11.1 Å². The average molecular weight is 444 g/mol. The third-order valence-electron chi connectivity index (χ3n) is 4.15. The topological polar surface area (TPSA) is 98.6 Å². The SMILES string of the molecule is Cc1ccc(-c2nc(SCC(=O)Nc3cccc(C(F)(F)F)c3)[nH]c(=O)c2C#N)cc1. The van der Waals surface area contributed by atoms with Crippen LogP contribution in [0.5, 0.6) is 0 Å². The number of carbonyl (C=O) groups excluding carboxylic acids is 1. The highest BCUT2D eigenvalue weighted by Crippen LogP contribution is 2.30. The third-order valence-corrected chi connectivity index (χ3v) is 5.02. The highest BCUT2D eigenvalue weighted by atomic mass is 32.2. The number of hydrogen-bond donors (Lipinski definition) is 2. The number of benzene rings is 2. The molecule has 158 valence electrons. The van der Waals surface area contributed by atoms with Gasteiger partial charge < -0.3 is 10.3 Å². The van der Waals surface area contributed by atoms with Gasteiger partial charge >= 0.3 is 6.18 Å². The molecule has 0 unspecified atom stereocenters. The molecule has 0 saturated heterocycles. The molecule has 0 aliphatic carbocycles. The molecular weight excluding hydrogens is 429 g/mol. The second-order valence-electron chi connectivity index (χ2n) is 6.49. The first-order valence-electron chi connectivity index (χ1n) is 8.89. The van der Waals surface area contributed by atoms with E-state index in [4.69, 9.17) is 0 Å². The van der Waals surface area contributed by atoms with Crippen LogP contribution in [0.2, 0.25) is 0 Å². The van der Waals surface area contributed by atoms with Crippen LogP contribution in [-0.4, -0.2) is 21.6 Å². The Morgan fingerprint density at radius 3 is 2.58 bits per heavy atom. The Morgan fingerprint density at radius 2 is 1.94 bits per heavy atom. The van der Waals surface area contributed by atoms with Gasteiger partial charge in [-0.2, -0.15) is 18.4 Å². The normalized spacial score (nSPS) is 11.1. The second-order valence-corrected chi connectivity index (χ2v) is 7.45. The molecule has 3 aromatic rings. The molecule has 2 aromatic carbocycles. The van der Waals surface area contributed by atoms with E-state index >= 15 is 0 Å². The number of aryl methyl sites for hydroxylation is 1. The number of nitriles is 1. The number of amides is 1. The molecule has 1 heterocycles. The van der Waals surface area contributed by atoms with E-state index < -0.39 is 23.2 Å². The molecule has 2 N–H and O–H groups in total. The van der Waals surface area contributed by atoms with Gasteiger partial charge in [0.15, 0.2) is 5.16 Å². The van der Waals surface area contributed by atoms with Crippen molar-refractivity contribution < 1.29 is 18.0 Å². The minimum Gasteiger partial charge on any atom is -0.325 e. The molecule has 6 nitrogen and oxygen atoms in total. The fourth-order valence-electron chi connectivity index (χ4n) is 2.65. The van der Waals surface area contributed by atoms with Gasteiger partial charge in [-0.05, 0) is 25.1 Å². The molecule has 0 atom stereocenters. The summed E-state index contributed by atoms with van der Waals surface area (Å²) in [6, 6.07) is 13.2. The summed E-state index contributed by atoms with van der Waals surface area (Å²) in [6.07, 6.45) is -4.52. The molecule has 10 heteroatoms. The van der Waals surface area contributed by atoms with Gasteiger partial charge in [-0.3, -0.25) is 9.59 Å². The smallest absolute Gasteiger partial charge is 0.325 e. The molecule has 0 radical (unpaired) electrons. The summed E-state index contributed by atoms with van der Waals surface area (Å²) < 4.78 is 38.4. The van der Waals surface area contributed by atoms with Crippen LogP contribution < -0.4 is 10.9 Å². The number of aromatic amines is 1. The quantitative estimate of drug-likeness (QED) is 0.450. The zero-order chi connectivity index (χ0) is 22.6. The predicted octanol–water partition coefficient (Wildman–Crippen LogP) is 4.37. The van der Waals surface area contributed by atoms with Crippen molar-refractivity contribution in [1.29, 1.82) is 5.26 Å². The number of anilines is 1. The summed E-state index contributed by atoms with van der Waals surface area (Å²) in [5, 5.41) is 11.8. The number of thioether (sulfide) groups is 1. The molecule has 0 spiro atoms. The number of rotatable bonds is 5. The lowest BCUT2D eigenvalue weighted by Gasteiger charge is -2.10. The highest BCUT2D eigenvalue weighted by Gasteiger charge is 2.30. The lowest BCUT2D eigenvalue weighted by Crippen LogP contribution is -2.17. The van der Waals surface area contributed by atoms with Crippen molar-refractivity contribution in [3.05, 3.63) is 75.6 Å². The van der Waals surface area contributed by atoms with Crippen molar-refractivity contribution in [3.63, 3.8) is 0 Å². The van der Waals surface area contributed by atoms with Gasteiger partial charge in [-0.25, -0.2) is 4.98 Å². The number of hydrogen-bond acceptors (Lipinski definition) is 5. The molecule has 0 saturated carbocycles. The van der Waals surface area contributed by atoms with E-state index in [1.807, 2.05) is 25.1 Å². The van der Waals surface area contributed by atoms with Crippen molar-refractivity contribution in [2.24, 2.45) is 0 Å². The largest absolute Gasteiger partial charge is 0.416 e. The monoisotopic (exact) mass is 444 g/mol. The fraction of sp³-hybridized carbons (Fsp3) is 0.143. The minimum atomic E-state index is -4.52. The van der Waals surface area contributed by atoms with E-state index in [-0.39, 0.29) is 27.9 Å². The zero-order valence-electron chi connectivity index (χ0n) is 16.1. The van der Waals surface area contributed by atoms with E-state index in [1.165, 1.54) is 12.1 Å². The van der Waals surface area contributed by atoms with E-state index in [0.717, 1.165) is 29.5 Å². The first-order valence-corrected chi connectivity index (χ1v) is 9.87. The summed E-state index contributed by atoms with van der Waals surface area (Å²) in [4.78, 5) is 31.2. The van der Waals surface area contributed by atoms with Crippen LogP contribution in [0.4, 0.5) is 18.9 Å². The molecule has 3 rings (SSSR count). The van der Waals surface area contributed by atoms with E-state index in [9.17, 15) is 28.0 Å². The van der Waals surface area contributed by atoms with Crippen LogP contribution in [0.15, 0.2) is 58.5 Å². The molecule has 0 fully saturated rings. The first-order chi connectivity index (χ1) is 14.7. The standard InChI is InChI=1S/C21H15F3N4O2S/c1-12-5-7-13(8-6-12)18-16(10-25)19(30)28-20(27-18)31-11-17(29)26-15-4-2-3-14(9-15)21(22,23)24/h2-9H,11H2,1H3,(H,26,29)(H,27,28,30). The van der Waals surface area contributed by atoms with Crippen LogP contribution in [-0.2, 0) is 11.0 Å². The van der Waals surface area contributed by atoms with Crippen molar-refractivity contribution >= 4 is 23.4 Å². The van der Waals surface area contributed by atoms with E-state index in [0.29, 0.717) is 5.56 Å². The Labute approximate surface area is 179 Å². The Morgan fingerprint density at radius 1 is 1.23 bits per heavy atom. The van der Waals surface area contributed by atoms with Crippen molar-refractivity contribution in [2.45, 2.75) is 18.3 Å². The average Bonchev–Trinajstić information content (AvgIpc) is 2.72. The Kier molecular flexibility index (Phi) is 6.46. The summed E-state index contributed by atoms with van der Waals surface area (Å²) in [7, 11) is 0. The number of halogens is 3. The van der Waals surface area contributed by atoms with Gasteiger partial charge in [-0.15, -0.1) is 0 Å². The second kappa shape index (κ2) is 9.06. The zero-order valence-corrected chi connectivity index (χ0v) is 16.9. The molecule has 0 aliphatic rings. The summed E-state index contributed by atoms with van der Waals surface area (Å²) >= 11 is 0.893. The Balaban J connectivity index is 1.76. The maximum absolute atomic E-state index is 12.8. The highest BCUT2D eigenvalue weighted by molar-refractivity contribution is 7.99. The number of carbonyl (C=O) groups is 1. The molecule has 31 heavy (non-hydrogen) atoms. The number of aromatic nitrogens is 2. The number of alkyl halides is 3. The molecule has 1 aromatic heterocycles. The lowest BCUT2D eigenvalue weighted by atomic mass is 10.1. The number of H-pyrrole nitrogens is 1. The van der Waals surface area contributed by atoms with Gasteiger partial charge in [0.25, 0.3) is 5.56 Å². The number of nitrogens with one attached hydrogen (secondary N) is 2. The van der Waals surface area contributed by atoms with Crippen LogP contribution in [0.25, 0.3) is 11.3 Å². The third kappa shape index (κ3) is 5.52. The maximum atomic E-state index is 12.8.